The molecule has 4 aromatic rings. The van der Waals surface area contributed by atoms with E-state index in [0.717, 1.165) is 10.0 Å². The summed E-state index contributed by atoms with van der Waals surface area (Å²) in [5, 5.41) is 4.92. The Morgan fingerprint density at radius 3 is 2.68 bits per heavy atom. The largest absolute Gasteiger partial charge is 0.488 e. The SMILES string of the molecule is CCc1nc2ccc(Br)cc2c(=O)n1N=Cc1ccccc1OCc1ccc(F)cc1. The summed E-state index contributed by atoms with van der Waals surface area (Å²) in [6.45, 7) is 2.22. The van der Waals surface area contributed by atoms with Gasteiger partial charge in [-0.1, -0.05) is 47.1 Å². The highest BCUT2D eigenvalue weighted by Crippen LogP contribution is 2.19. The van der Waals surface area contributed by atoms with E-state index in [1.807, 2.05) is 43.3 Å². The first-order valence-corrected chi connectivity index (χ1v) is 10.6. The van der Waals surface area contributed by atoms with Crippen LogP contribution in [0.1, 0.15) is 23.9 Å². The molecule has 3 aromatic carbocycles. The number of nitrogens with zero attached hydrogens (tertiary/aromatic N) is 3. The summed E-state index contributed by atoms with van der Waals surface area (Å²) in [6.07, 6.45) is 2.15. The summed E-state index contributed by atoms with van der Waals surface area (Å²) in [6, 6.07) is 19.0. The molecule has 1 aromatic heterocycles. The Morgan fingerprint density at radius 2 is 1.90 bits per heavy atom. The van der Waals surface area contributed by atoms with E-state index in [4.69, 9.17) is 4.74 Å². The fourth-order valence-corrected chi connectivity index (χ4v) is 3.48. The van der Waals surface area contributed by atoms with Crippen LogP contribution in [0.4, 0.5) is 4.39 Å². The summed E-state index contributed by atoms with van der Waals surface area (Å²) >= 11 is 3.40. The van der Waals surface area contributed by atoms with E-state index >= 15 is 0 Å². The van der Waals surface area contributed by atoms with Crippen LogP contribution in [0.3, 0.4) is 0 Å². The second-order valence-corrected chi connectivity index (χ2v) is 7.77. The summed E-state index contributed by atoms with van der Waals surface area (Å²) in [7, 11) is 0. The van der Waals surface area contributed by atoms with Gasteiger partial charge in [0, 0.05) is 16.5 Å². The topological polar surface area (TPSA) is 56.5 Å². The minimum Gasteiger partial charge on any atom is -0.488 e. The maximum atomic E-state index is 13.1. The zero-order valence-corrected chi connectivity index (χ0v) is 18.3. The molecule has 31 heavy (non-hydrogen) atoms. The number of hydrogen-bond acceptors (Lipinski definition) is 4. The van der Waals surface area contributed by atoms with Crippen LogP contribution < -0.4 is 10.3 Å². The predicted octanol–water partition coefficient (Wildman–Crippen LogP) is 5.32. The van der Waals surface area contributed by atoms with Crippen molar-refractivity contribution in [3.8, 4) is 5.75 Å². The van der Waals surface area contributed by atoms with Crippen molar-refractivity contribution in [1.29, 1.82) is 0 Å². The van der Waals surface area contributed by atoms with Crippen LogP contribution in [0.25, 0.3) is 10.9 Å². The second-order valence-electron chi connectivity index (χ2n) is 6.86. The van der Waals surface area contributed by atoms with Crippen LogP contribution in [-0.4, -0.2) is 15.9 Å². The van der Waals surface area contributed by atoms with Gasteiger partial charge in [-0.3, -0.25) is 4.79 Å². The fraction of sp³-hybridized carbons (Fsp3) is 0.125. The van der Waals surface area contributed by atoms with Gasteiger partial charge in [-0.2, -0.15) is 9.78 Å². The highest BCUT2D eigenvalue weighted by molar-refractivity contribution is 9.10. The van der Waals surface area contributed by atoms with E-state index in [9.17, 15) is 9.18 Å². The molecule has 0 aliphatic heterocycles. The zero-order valence-electron chi connectivity index (χ0n) is 16.8. The molecule has 0 saturated heterocycles. The van der Waals surface area contributed by atoms with E-state index in [0.29, 0.717) is 34.5 Å². The van der Waals surface area contributed by atoms with Gasteiger partial charge in [0.25, 0.3) is 5.56 Å². The Kier molecular flexibility index (Phi) is 6.23. The van der Waals surface area contributed by atoms with E-state index in [2.05, 4.69) is 26.0 Å². The molecule has 0 spiro atoms. The number of para-hydroxylation sites is 1. The maximum absolute atomic E-state index is 13.1. The molecule has 0 fully saturated rings. The van der Waals surface area contributed by atoms with Gasteiger partial charge in [0.05, 0.1) is 17.1 Å². The molecule has 0 amide bonds. The summed E-state index contributed by atoms with van der Waals surface area (Å²) in [5.41, 5.74) is 1.97. The van der Waals surface area contributed by atoms with Crippen molar-refractivity contribution in [3.63, 3.8) is 0 Å². The molecule has 7 heteroatoms. The Hall–Kier alpha value is -3.32. The number of rotatable bonds is 6. The average molecular weight is 480 g/mol. The van der Waals surface area contributed by atoms with Crippen molar-refractivity contribution in [2.75, 3.05) is 0 Å². The summed E-state index contributed by atoms with van der Waals surface area (Å²) in [5.74, 6) is 0.892. The quantitative estimate of drug-likeness (QED) is 0.351. The van der Waals surface area contributed by atoms with Crippen molar-refractivity contribution in [2.24, 2.45) is 5.10 Å². The highest BCUT2D eigenvalue weighted by Gasteiger charge is 2.10. The number of ether oxygens (including phenoxy) is 1. The molecule has 0 aliphatic rings. The molecule has 0 bridgehead atoms. The van der Waals surface area contributed by atoms with E-state index in [-0.39, 0.29) is 18.0 Å². The Balaban J connectivity index is 1.66. The molecular weight excluding hydrogens is 461 g/mol. The molecule has 0 unspecified atom stereocenters. The van der Waals surface area contributed by atoms with E-state index in [1.165, 1.54) is 16.8 Å². The van der Waals surface area contributed by atoms with Gasteiger partial charge in [-0.25, -0.2) is 9.37 Å². The molecule has 0 atom stereocenters. The van der Waals surface area contributed by atoms with Crippen molar-refractivity contribution >= 4 is 33.0 Å². The minimum atomic E-state index is -0.288. The number of aryl methyl sites for hydroxylation is 1. The number of halogens is 2. The molecule has 0 saturated carbocycles. The smallest absolute Gasteiger partial charge is 0.282 e. The molecule has 0 N–H and O–H groups in total. The van der Waals surface area contributed by atoms with Gasteiger partial charge in [0.15, 0.2) is 0 Å². The van der Waals surface area contributed by atoms with Gasteiger partial charge >= 0.3 is 0 Å². The molecule has 4 rings (SSSR count). The van der Waals surface area contributed by atoms with Gasteiger partial charge in [0.1, 0.15) is 24.0 Å². The lowest BCUT2D eigenvalue weighted by Gasteiger charge is -2.10. The maximum Gasteiger partial charge on any atom is 0.282 e. The Bertz CT molecular complexity index is 1320. The predicted molar refractivity (Wildman–Crippen MR) is 123 cm³/mol. The van der Waals surface area contributed by atoms with Crippen LogP contribution in [0.15, 0.2) is 81.1 Å². The average Bonchev–Trinajstić information content (AvgIpc) is 2.79. The van der Waals surface area contributed by atoms with Crippen molar-refractivity contribution < 1.29 is 9.13 Å². The second kappa shape index (κ2) is 9.22. The third-order valence-electron chi connectivity index (χ3n) is 4.73. The third-order valence-corrected chi connectivity index (χ3v) is 5.22. The first-order valence-electron chi connectivity index (χ1n) is 9.77. The van der Waals surface area contributed by atoms with E-state index in [1.54, 1.807) is 24.4 Å². The van der Waals surface area contributed by atoms with Gasteiger partial charge in [0.2, 0.25) is 0 Å². The van der Waals surface area contributed by atoms with Crippen LogP contribution in [-0.2, 0) is 13.0 Å². The Labute approximate surface area is 187 Å². The van der Waals surface area contributed by atoms with Crippen LogP contribution in [0.5, 0.6) is 5.75 Å². The lowest BCUT2D eigenvalue weighted by atomic mass is 10.2. The minimum absolute atomic E-state index is 0.232. The van der Waals surface area contributed by atoms with Crippen LogP contribution in [0.2, 0.25) is 0 Å². The van der Waals surface area contributed by atoms with Gasteiger partial charge in [-0.15, -0.1) is 0 Å². The molecule has 0 radical (unpaired) electrons. The lowest BCUT2D eigenvalue weighted by Crippen LogP contribution is -2.22. The van der Waals surface area contributed by atoms with Crippen LogP contribution >= 0.6 is 15.9 Å². The molecule has 0 aliphatic carbocycles. The molecule has 156 valence electrons. The first kappa shape index (κ1) is 20.9. The van der Waals surface area contributed by atoms with Crippen molar-refractivity contribution in [2.45, 2.75) is 20.0 Å². The highest BCUT2D eigenvalue weighted by atomic mass is 79.9. The van der Waals surface area contributed by atoms with Crippen molar-refractivity contribution in [1.82, 2.24) is 9.66 Å². The monoisotopic (exact) mass is 479 g/mol. The summed E-state index contributed by atoms with van der Waals surface area (Å²) in [4.78, 5) is 17.6. The molecule has 1 heterocycles. The summed E-state index contributed by atoms with van der Waals surface area (Å²) < 4.78 is 21.1. The number of benzene rings is 3. The number of hydrogen-bond donors (Lipinski definition) is 0. The van der Waals surface area contributed by atoms with E-state index < -0.39 is 0 Å². The van der Waals surface area contributed by atoms with Gasteiger partial charge in [-0.05, 0) is 48.0 Å². The zero-order chi connectivity index (χ0) is 21.8. The first-order chi connectivity index (χ1) is 15.0. The fourth-order valence-electron chi connectivity index (χ4n) is 3.12. The molecular formula is C24H19BrFN3O2. The Morgan fingerprint density at radius 1 is 1.13 bits per heavy atom. The molecule has 5 nitrogen and oxygen atoms in total. The third kappa shape index (κ3) is 4.72. The van der Waals surface area contributed by atoms with Crippen molar-refractivity contribution in [3.05, 3.63) is 104 Å². The van der Waals surface area contributed by atoms with Crippen LogP contribution in [0, 0.1) is 5.82 Å². The number of fused-ring (bicyclic) bond motifs is 1. The lowest BCUT2D eigenvalue weighted by molar-refractivity contribution is 0.305. The van der Waals surface area contributed by atoms with Gasteiger partial charge < -0.3 is 4.74 Å². The normalized spacial score (nSPS) is 11.3. The standard InChI is InChI=1S/C24H19BrFN3O2/c1-2-23-28-21-12-9-18(25)13-20(21)24(30)29(23)27-14-17-5-3-4-6-22(17)31-15-16-7-10-19(26)11-8-16/h3-14H,2,15H2,1H3. The number of aromatic nitrogens is 2.